The Morgan fingerprint density at radius 1 is 1.11 bits per heavy atom. The lowest BCUT2D eigenvalue weighted by Gasteiger charge is -2.38. The molecule has 0 radical (unpaired) electrons. The van der Waals surface area contributed by atoms with Gasteiger partial charge in [0.15, 0.2) is 0 Å². The SMILES string of the molecule is C=CC1CCC(C2CCN(C(=O)CC)CC2)CC1. The summed E-state index contributed by atoms with van der Waals surface area (Å²) in [6, 6.07) is 0. The van der Waals surface area contributed by atoms with Crippen LogP contribution in [-0.2, 0) is 4.79 Å². The second-order valence-electron chi connectivity index (χ2n) is 5.98. The fourth-order valence-electron chi connectivity index (χ4n) is 3.70. The Morgan fingerprint density at radius 2 is 1.67 bits per heavy atom. The van der Waals surface area contributed by atoms with Crippen molar-refractivity contribution in [3.05, 3.63) is 12.7 Å². The van der Waals surface area contributed by atoms with Crippen molar-refractivity contribution in [3.8, 4) is 0 Å². The molecule has 0 aromatic rings. The molecule has 0 bridgehead atoms. The first kappa shape index (κ1) is 13.6. The Labute approximate surface area is 111 Å². The molecule has 0 aromatic heterocycles. The van der Waals surface area contributed by atoms with Crippen molar-refractivity contribution in [3.63, 3.8) is 0 Å². The normalized spacial score (nSPS) is 30.2. The third-order valence-corrected chi connectivity index (χ3v) is 5.01. The molecular formula is C16H27NO. The van der Waals surface area contributed by atoms with Crippen molar-refractivity contribution in [2.75, 3.05) is 13.1 Å². The Balaban J connectivity index is 1.76. The maximum atomic E-state index is 11.6. The Bertz CT molecular complexity index is 283. The zero-order chi connectivity index (χ0) is 13.0. The van der Waals surface area contributed by atoms with E-state index < -0.39 is 0 Å². The highest BCUT2D eigenvalue weighted by molar-refractivity contribution is 5.75. The first-order chi connectivity index (χ1) is 8.74. The molecule has 1 aliphatic heterocycles. The van der Waals surface area contributed by atoms with Gasteiger partial charge in [-0.25, -0.2) is 0 Å². The highest BCUT2D eigenvalue weighted by atomic mass is 16.2. The van der Waals surface area contributed by atoms with Crippen LogP contribution in [0.25, 0.3) is 0 Å². The lowest BCUT2D eigenvalue weighted by Crippen LogP contribution is -2.40. The van der Waals surface area contributed by atoms with E-state index in [0.29, 0.717) is 12.3 Å². The molecule has 1 aliphatic carbocycles. The standard InChI is InChI=1S/C16H27NO/c1-3-13-5-7-14(8-6-13)15-9-11-17(12-10-15)16(18)4-2/h3,13-15H,1,4-12H2,2H3. The molecule has 1 saturated heterocycles. The minimum Gasteiger partial charge on any atom is -0.343 e. The number of rotatable bonds is 3. The molecule has 0 spiro atoms. The Hall–Kier alpha value is -0.790. The molecule has 0 aromatic carbocycles. The van der Waals surface area contributed by atoms with Crippen molar-refractivity contribution in [1.82, 2.24) is 4.90 Å². The van der Waals surface area contributed by atoms with Crippen molar-refractivity contribution in [2.45, 2.75) is 51.9 Å². The number of piperidine rings is 1. The van der Waals surface area contributed by atoms with Crippen LogP contribution in [0.4, 0.5) is 0 Å². The highest BCUT2D eigenvalue weighted by Crippen LogP contribution is 2.38. The lowest BCUT2D eigenvalue weighted by molar-refractivity contribution is -0.132. The van der Waals surface area contributed by atoms with E-state index in [1.54, 1.807) is 0 Å². The molecule has 102 valence electrons. The van der Waals surface area contributed by atoms with Gasteiger partial charge in [-0.3, -0.25) is 4.79 Å². The molecule has 1 heterocycles. The minimum absolute atomic E-state index is 0.337. The van der Waals surface area contributed by atoms with Gasteiger partial charge >= 0.3 is 0 Å². The first-order valence-corrected chi connectivity index (χ1v) is 7.65. The van der Waals surface area contributed by atoms with E-state index in [4.69, 9.17) is 0 Å². The zero-order valence-corrected chi connectivity index (χ0v) is 11.7. The number of hydrogen-bond donors (Lipinski definition) is 0. The van der Waals surface area contributed by atoms with Gasteiger partial charge in [0.2, 0.25) is 5.91 Å². The Morgan fingerprint density at radius 3 is 2.17 bits per heavy atom. The maximum absolute atomic E-state index is 11.6. The van der Waals surface area contributed by atoms with Gasteiger partial charge in [-0.15, -0.1) is 6.58 Å². The molecular weight excluding hydrogens is 222 g/mol. The fraction of sp³-hybridized carbons (Fsp3) is 0.812. The van der Waals surface area contributed by atoms with E-state index >= 15 is 0 Å². The van der Waals surface area contributed by atoms with Crippen molar-refractivity contribution < 1.29 is 4.79 Å². The van der Waals surface area contributed by atoms with E-state index in [0.717, 1.165) is 30.8 Å². The number of hydrogen-bond acceptors (Lipinski definition) is 1. The number of carbonyl (C=O) groups excluding carboxylic acids is 1. The number of carbonyl (C=O) groups is 1. The van der Waals surface area contributed by atoms with Crippen LogP contribution >= 0.6 is 0 Å². The quantitative estimate of drug-likeness (QED) is 0.699. The van der Waals surface area contributed by atoms with Gasteiger partial charge < -0.3 is 4.90 Å². The highest BCUT2D eigenvalue weighted by Gasteiger charge is 2.30. The van der Waals surface area contributed by atoms with E-state index in [-0.39, 0.29) is 0 Å². The van der Waals surface area contributed by atoms with E-state index in [1.807, 2.05) is 6.92 Å². The van der Waals surface area contributed by atoms with Gasteiger partial charge in [-0.05, 0) is 56.3 Å². The second-order valence-corrected chi connectivity index (χ2v) is 5.98. The summed E-state index contributed by atoms with van der Waals surface area (Å²) in [6.45, 7) is 7.88. The Kier molecular flexibility index (Phi) is 4.85. The topological polar surface area (TPSA) is 20.3 Å². The predicted octanol–water partition coefficient (Wildman–Crippen LogP) is 3.63. The smallest absolute Gasteiger partial charge is 0.222 e. The van der Waals surface area contributed by atoms with Crippen LogP contribution in [-0.4, -0.2) is 23.9 Å². The third-order valence-electron chi connectivity index (χ3n) is 5.01. The molecule has 18 heavy (non-hydrogen) atoms. The molecule has 1 saturated carbocycles. The summed E-state index contributed by atoms with van der Waals surface area (Å²) in [6.07, 6.45) is 10.7. The summed E-state index contributed by atoms with van der Waals surface area (Å²) in [5.74, 6) is 2.89. The van der Waals surface area contributed by atoms with Crippen LogP contribution in [0, 0.1) is 17.8 Å². The van der Waals surface area contributed by atoms with Crippen LogP contribution in [0.1, 0.15) is 51.9 Å². The average molecular weight is 249 g/mol. The summed E-state index contributed by atoms with van der Waals surface area (Å²) < 4.78 is 0. The molecule has 2 aliphatic rings. The van der Waals surface area contributed by atoms with Gasteiger partial charge in [0.05, 0.1) is 0 Å². The van der Waals surface area contributed by atoms with Crippen LogP contribution in [0.15, 0.2) is 12.7 Å². The maximum Gasteiger partial charge on any atom is 0.222 e. The summed E-state index contributed by atoms with van der Waals surface area (Å²) in [5, 5.41) is 0. The van der Waals surface area contributed by atoms with Crippen LogP contribution in [0.2, 0.25) is 0 Å². The molecule has 0 unspecified atom stereocenters. The van der Waals surface area contributed by atoms with Gasteiger partial charge in [0.1, 0.15) is 0 Å². The molecule has 2 rings (SSSR count). The molecule has 1 amide bonds. The number of likely N-dealkylation sites (tertiary alicyclic amines) is 1. The van der Waals surface area contributed by atoms with Gasteiger partial charge in [-0.1, -0.05) is 13.0 Å². The average Bonchev–Trinajstić information content (AvgIpc) is 2.47. The molecule has 0 N–H and O–H groups in total. The van der Waals surface area contributed by atoms with Crippen molar-refractivity contribution in [2.24, 2.45) is 17.8 Å². The van der Waals surface area contributed by atoms with Crippen molar-refractivity contribution >= 4 is 5.91 Å². The monoisotopic (exact) mass is 249 g/mol. The third kappa shape index (κ3) is 3.15. The van der Waals surface area contributed by atoms with Crippen molar-refractivity contribution in [1.29, 1.82) is 0 Å². The van der Waals surface area contributed by atoms with E-state index in [2.05, 4.69) is 17.6 Å². The molecule has 2 heteroatoms. The van der Waals surface area contributed by atoms with Gasteiger partial charge in [0, 0.05) is 19.5 Å². The first-order valence-electron chi connectivity index (χ1n) is 7.65. The largest absolute Gasteiger partial charge is 0.343 e. The van der Waals surface area contributed by atoms with E-state index in [1.165, 1.54) is 38.5 Å². The minimum atomic E-state index is 0.337. The fourth-order valence-corrected chi connectivity index (χ4v) is 3.70. The van der Waals surface area contributed by atoms with Crippen LogP contribution in [0.3, 0.4) is 0 Å². The summed E-state index contributed by atoms with van der Waals surface area (Å²) in [7, 11) is 0. The second kappa shape index (κ2) is 6.40. The number of allylic oxidation sites excluding steroid dienone is 1. The lowest BCUT2D eigenvalue weighted by atomic mass is 9.73. The molecule has 2 fully saturated rings. The molecule has 2 nitrogen and oxygen atoms in total. The summed E-state index contributed by atoms with van der Waals surface area (Å²) >= 11 is 0. The molecule has 0 atom stereocenters. The van der Waals surface area contributed by atoms with Gasteiger partial charge in [0.25, 0.3) is 0 Å². The van der Waals surface area contributed by atoms with Gasteiger partial charge in [-0.2, -0.15) is 0 Å². The number of amides is 1. The van der Waals surface area contributed by atoms with Crippen LogP contribution < -0.4 is 0 Å². The summed E-state index contributed by atoms with van der Waals surface area (Å²) in [4.78, 5) is 13.7. The predicted molar refractivity (Wildman–Crippen MR) is 75.2 cm³/mol. The summed E-state index contributed by atoms with van der Waals surface area (Å²) in [5.41, 5.74) is 0. The van der Waals surface area contributed by atoms with Crippen LogP contribution in [0.5, 0.6) is 0 Å². The van der Waals surface area contributed by atoms with E-state index in [9.17, 15) is 4.79 Å². The number of nitrogens with zero attached hydrogens (tertiary/aromatic N) is 1. The zero-order valence-electron chi connectivity index (χ0n) is 11.7.